The first kappa shape index (κ1) is 27.4. The van der Waals surface area contributed by atoms with E-state index in [1.807, 2.05) is 0 Å². The van der Waals surface area contributed by atoms with Gasteiger partial charge < -0.3 is 15.1 Å². The van der Waals surface area contributed by atoms with Gasteiger partial charge in [-0.05, 0) is 43.3 Å². The lowest BCUT2D eigenvalue weighted by molar-refractivity contribution is -0.212. The molecule has 0 amide bonds. The highest BCUT2D eigenvalue weighted by Crippen LogP contribution is 2.32. The number of alkyl halides is 4. The molecule has 0 saturated heterocycles. The molecule has 4 rings (SSSR count). The van der Waals surface area contributed by atoms with E-state index in [0.29, 0.717) is 10.6 Å². The average Bonchev–Trinajstić information content (AvgIpc) is 3.36. The number of hydrogen-bond donors (Lipinski definition) is 2. The maximum absolute atomic E-state index is 14.4. The molecule has 0 saturated carbocycles. The summed E-state index contributed by atoms with van der Waals surface area (Å²) >= 11 is 18.4. The maximum atomic E-state index is 14.4. The topological polar surface area (TPSA) is 90.0 Å². The van der Waals surface area contributed by atoms with Gasteiger partial charge in [-0.15, -0.1) is 5.10 Å². The van der Waals surface area contributed by atoms with Gasteiger partial charge >= 0.3 is 6.18 Å². The molecular formula is C22H19Cl3F4N6O2. The summed E-state index contributed by atoms with van der Waals surface area (Å²) in [5.74, 6) is -0.211. The highest BCUT2D eigenvalue weighted by molar-refractivity contribution is 6.37. The van der Waals surface area contributed by atoms with Crippen LogP contribution in [0.2, 0.25) is 15.1 Å². The Hall–Kier alpha value is -2.64. The zero-order chi connectivity index (χ0) is 27.1. The van der Waals surface area contributed by atoms with Gasteiger partial charge in [0.05, 0.1) is 16.6 Å². The highest BCUT2D eigenvalue weighted by Gasteiger charge is 2.43. The zero-order valence-electron chi connectivity index (χ0n) is 18.9. The van der Waals surface area contributed by atoms with Gasteiger partial charge in [0, 0.05) is 10.6 Å². The molecule has 37 heavy (non-hydrogen) atoms. The summed E-state index contributed by atoms with van der Waals surface area (Å²) in [6.45, 7) is -0.102. The van der Waals surface area contributed by atoms with E-state index in [9.17, 15) is 27.8 Å². The second-order valence-electron chi connectivity index (χ2n) is 8.07. The minimum atomic E-state index is -4.93. The van der Waals surface area contributed by atoms with Crippen molar-refractivity contribution in [1.82, 2.24) is 24.7 Å². The van der Waals surface area contributed by atoms with Crippen molar-refractivity contribution in [2.24, 2.45) is 5.10 Å². The maximum Gasteiger partial charge on any atom is 0.416 e. The van der Waals surface area contributed by atoms with Gasteiger partial charge in [-0.25, -0.2) is 19.1 Å². The first-order chi connectivity index (χ1) is 17.4. The van der Waals surface area contributed by atoms with Gasteiger partial charge in [-0.2, -0.15) is 18.3 Å². The van der Waals surface area contributed by atoms with Crippen LogP contribution < -0.4 is 0 Å². The summed E-state index contributed by atoms with van der Waals surface area (Å²) in [7, 11) is 0. The molecule has 1 aromatic heterocycles. The van der Waals surface area contributed by atoms with Gasteiger partial charge in [0.15, 0.2) is 29.8 Å². The van der Waals surface area contributed by atoms with E-state index in [1.54, 1.807) is 6.07 Å². The van der Waals surface area contributed by atoms with Crippen molar-refractivity contribution in [2.75, 3.05) is 6.54 Å². The van der Waals surface area contributed by atoms with Crippen LogP contribution in [-0.2, 0) is 6.54 Å². The Kier molecular flexibility index (Phi) is 7.86. The minimum Gasteiger partial charge on any atom is -0.382 e. The molecule has 0 spiro atoms. The van der Waals surface area contributed by atoms with Crippen LogP contribution >= 0.6 is 34.8 Å². The Bertz CT molecular complexity index is 1280. The number of nitrogens with zero attached hydrogens (tertiary/aromatic N) is 6. The van der Waals surface area contributed by atoms with E-state index in [1.165, 1.54) is 43.3 Å². The van der Waals surface area contributed by atoms with Crippen LogP contribution in [0.1, 0.15) is 30.3 Å². The fourth-order valence-corrected chi connectivity index (χ4v) is 4.29. The van der Waals surface area contributed by atoms with E-state index in [-0.39, 0.29) is 39.8 Å². The van der Waals surface area contributed by atoms with E-state index in [4.69, 9.17) is 34.8 Å². The molecule has 1 aliphatic heterocycles. The molecule has 3 atom stereocenters. The smallest absolute Gasteiger partial charge is 0.382 e. The molecule has 2 unspecified atom stereocenters. The number of benzene rings is 2. The third-order valence-corrected chi connectivity index (χ3v) is 6.24. The van der Waals surface area contributed by atoms with Crippen LogP contribution in [0, 0.1) is 0 Å². The Labute approximate surface area is 223 Å². The molecule has 8 nitrogen and oxygen atoms in total. The molecule has 0 bridgehead atoms. The van der Waals surface area contributed by atoms with Crippen molar-refractivity contribution in [1.29, 1.82) is 0 Å². The first-order valence-electron chi connectivity index (χ1n) is 10.7. The van der Waals surface area contributed by atoms with E-state index < -0.39 is 31.3 Å². The number of amidine groups is 1. The number of aromatic nitrogens is 3. The standard InChI is InChI=1S/C22H19Cl3F4N6O2/c1-11(26)19-30-17(31-35(19)18-14(24)3-2-4-15(18)25)10-34-21(37)33(9-16(36)22(27,28)29)20(32-34)12-5-7-13(23)8-6-12/h2-8,11,16,21,36-37H,9-10H2,1H3/t11?,16-,21?/m0/s1. The predicted molar refractivity (Wildman–Crippen MR) is 129 cm³/mol. The molecule has 2 aromatic carbocycles. The van der Waals surface area contributed by atoms with Crippen LogP contribution in [-0.4, -0.2) is 65.9 Å². The van der Waals surface area contributed by atoms with Crippen molar-refractivity contribution in [3.8, 4) is 5.69 Å². The summed E-state index contributed by atoms with van der Waals surface area (Å²) in [4.78, 5) is 5.05. The van der Waals surface area contributed by atoms with Crippen molar-refractivity contribution < 1.29 is 27.8 Å². The summed E-state index contributed by atoms with van der Waals surface area (Å²) in [5, 5.41) is 30.8. The molecule has 0 radical (unpaired) electrons. The molecule has 198 valence electrons. The number of rotatable bonds is 7. The summed E-state index contributed by atoms with van der Waals surface area (Å²) in [6, 6.07) is 10.7. The number of β-amino-alcohol motifs (C(OH)–C–C–N with tert-alkyl or cyclic N) is 1. The first-order valence-corrected chi connectivity index (χ1v) is 11.8. The van der Waals surface area contributed by atoms with Crippen molar-refractivity contribution in [2.45, 2.75) is 38.3 Å². The number of hydrazone groups is 1. The van der Waals surface area contributed by atoms with Gasteiger partial charge in [-0.3, -0.25) is 0 Å². The van der Waals surface area contributed by atoms with Crippen LogP contribution in [0.3, 0.4) is 0 Å². The van der Waals surface area contributed by atoms with Gasteiger partial charge in [0.1, 0.15) is 12.2 Å². The summed E-state index contributed by atoms with van der Waals surface area (Å²) < 4.78 is 54.8. The number of aliphatic hydroxyl groups excluding tert-OH is 2. The van der Waals surface area contributed by atoms with E-state index >= 15 is 0 Å². The molecule has 2 N–H and O–H groups in total. The molecular weight excluding hydrogens is 563 g/mol. The third kappa shape index (κ3) is 5.78. The normalized spacial score (nSPS) is 17.8. The lowest BCUT2D eigenvalue weighted by atomic mass is 10.2. The van der Waals surface area contributed by atoms with E-state index in [0.717, 1.165) is 14.6 Å². The Morgan fingerprint density at radius 3 is 2.24 bits per heavy atom. The van der Waals surface area contributed by atoms with Crippen LogP contribution in [0.4, 0.5) is 17.6 Å². The molecule has 3 aromatic rings. The number of para-hydroxylation sites is 1. The average molecular weight is 582 g/mol. The van der Waals surface area contributed by atoms with Crippen molar-refractivity contribution in [3.63, 3.8) is 0 Å². The fourth-order valence-electron chi connectivity index (χ4n) is 3.60. The number of halogens is 7. The molecule has 1 aliphatic rings. The quantitative estimate of drug-likeness (QED) is 0.385. The molecule has 15 heteroatoms. The Balaban J connectivity index is 1.70. The van der Waals surface area contributed by atoms with Crippen LogP contribution in [0.5, 0.6) is 0 Å². The lowest BCUT2D eigenvalue weighted by Crippen LogP contribution is -2.49. The number of aliphatic hydroxyl groups is 2. The highest BCUT2D eigenvalue weighted by atomic mass is 35.5. The van der Waals surface area contributed by atoms with E-state index in [2.05, 4.69) is 15.2 Å². The molecule has 2 heterocycles. The van der Waals surface area contributed by atoms with Gasteiger partial charge in [-0.1, -0.05) is 40.9 Å². The lowest BCUT2D eigenvalue weighted by Gasteiger charge is -2.29. The van der Waals surface area contributed by atoms with Crippen LogP contribution in [0.15, 0.2) is 47.6 Å². The van der Waals surface area contributed by atoms with Crippen molar-refractivity contribution >= 4 is 40.6 Å². The molecule has 0 fully saturated rings. The summed E-state index contributed by atoms with van der Waals surface area (Å²) in [6.07, 6.45) is -11.0. The zero-order valence-corrected chi connectivity index (χ0v) is 21.2. The van der Waals surface area contributed by atoms with Gasteiger partial charge in [0.2, 0.25) is 6.35 Å². The summed E-state index contributed by atoms with van der Waals surface area (Å²) in [5.41, 5.74) is 0.520. The minimum absolute atomic E-state index is 0.0213. The second kappa shape index (κ2) is 10.6. The SMILES string of the molecule is CC(F)c1nc(CN2N=C(c3ccc(Cl)cc3)N(C[C@H](O)C(F)(F)F)C2O)nn1-c1c(Cl)cccc1Cl. The van der Waals surface area contributed by atoms with Crippen molar-refractivity contribution in [3.05, 3.63) is 74.7 Å². The Morgan fingerprint density at radius 1 is 1.05 bits per heavy atom. The fraction of sp³-hybridized carbons (Fsp3) is 0.318. The monoisotopic (exact) mass is 580 g/mol. The third-order valence-electron chi connectivity index (χ3n) is 5.38. The van der Waals surface area contributed by atoms with Crippen LogP contribution in [0.25, 0.3) is 5.69 Å². The largest absolute Gasteiger partial charge is 0.416 e. The molecule has 0 aliphatic carbocycles. The Morgan fingerprint density at radius 2 is 1.68 bits per heavy atom. The second-order valence-corrected chi connectivity index (χ2v) is 9.32. The van der Waals surface area contributed by atoms with Gasteiger partial charge in [0.25, 0.3) is 0 Å². The number of hydrogen-bond acceptors (Lipinski definition) is 7. The predicted octanol–water partition coefficient (Wildman–Crippen LogP) is 4.94.